The molecule has 4 rings (SSSR count). The van der Waals surface area contributed by atoms with Crippen molar-refractivity contribution in [3.63, 3.8) is 0 Å². The highest BCUT2D eigenvalue weighted by atomic mass is 19.1. The molecule has 2 heterocycles. The first kappa shape index (κ1) is 16.5. The Hall–Kier alpha value is -2.92. The molecular formula is C21H19FN2O2. The highest BCUT2D eigenvalue weighted by molar-refractivity contribution is 5.66. The molecule has 26 heavy (non-hydrogen) atoms. The van der Waals surface area contributed by atoms with Crippen LogP contribution in [0.3, 0.4) is 0 Å². The van der Waals surface area contributed by atoms with E-state index in [4.69, 9.17) is 4.74 Å². The third-order valence-corrected chi connectivity index (χ3v) is 4.45. The highest BCUT2D eigenvalue weighted by Gasteiger charge is 2.20. The average molecular weight is 350 g/mol. The van der Waals surface area contributed by atoms with Crippen molar-refractivity contribution in [1.82, 2.24) is 9.88 Å². The standard InChI is InChI=1S/C21H19FN2O2/c22-18-5-3-4-15(10-18)13-24-8-9-26-21-17(14-24)11-16(12-20(21)25)19-6-1-2-7-23-19/h1-7,10-12,25H,8-9,13-14H2. The molecule has 1 aliphatic heterocycles. The maximum atomic E-state index is 13.5. The van der Waals surface area contributed by atoms with Gasteiger partial charge in [-0.05, 0) is 42.0 Å². The van der Waals surface area contributed by atoms with E-state index in [-0.39, 0.29) is 11.6 Å². The molecule has 0 saturated heterocycles. The molecule has 0 radical (unpaired) electrons. The minimum absolute atomic E-state index is 0.121. The van der Waals surface area contributed by atoms with E-state index in [1.165, 1.54) is 6.07 Å². The molecule has 0 fully saturated rings. The van der Waals surface area contributed by atoms with Crippen LogP contribution in [0, 0.1) is 5.82 Å². The van der Waals surface area contributed by atoms with E-state index in [9.17, 15) is 9.50 Å². The van der Waals surface area contributed by atoms with Crippen LogP contribution in [-0.2, 0) is 13.1 Å². The number of ether oxygens (including phenoxy) is 1. The van der Waals surface area contributed by atoms with E-state index in [0.717, 1.165) is 22.4 Å². The second kappa shape index (κ2) is 7.14. The summed E-state index contributed by atoms with van der Waals surface area (Å²) in [5.74, 6) is 0.409. The number of halogens is 1. The summed E-state index contributed by atoms with van der Waals surface area (Å²) in [6.45, 7) is 2.40. The molecule has 132 valence electrons. The number of benzene rings is 2. The largest absolute Gasteiger partial charge is 0.504 e. The zero-order valence-electron chi connectivity index (χ0n) is 14.2. The minimum Gasteiger partial charge on any atom is -0.504 e. The van der Waals surface area contributed by atoms with Crippen LogP contribution in [0.4, 0.5) is 4.39 Å². The summed E-state index contributed by atoms with van der Waals surface area (Å²) < 4.78 is 19.2. The van der Waals surface area contributed by atoms with E-state index >= 15 is 0 Å². The van der Waals surface area contributed by atoms with Gasteiger partial charge in [0, 0.05) is 37.0 Å². The molecule has 4 nitrogen and oxygen atoms in total. The van der Waals surface area contributed by atoms with Crippen molar-refractivity contribution in [1.29, 1.82) is 0 Å². The number of phenols is 1. The summed E-state index contributed by atoms with van der Waals surface area (Å²) in [7, 11) is 0. The fourth-order valence-corrected chi connectivity index (χ4v) is 3.26. The predicted molar refractivity (Wildman–Crippen MR) is 97.3 cm³/mol. The first-order valence-corrected chi connectivity index (χ1v) is 8.56. The summed E-state index contributed by atoms with van der Waals surface area (Å²) in [6, 6.07) is 16.0. The second-order valence-corrected chi connectivity index (χ2v) is 6.39. The normalized spacial score (nSPS) is 14.3. The first-order valence-electron chi connectivity index (χ1n) is 8.56. The molecule has 1 N–H and O–H groups in total. The van der Waals surface area contributed by atoms with Crippen molar-refractivity contribution >= 4 is 0 Å². The molecule has 0 spiro atoms. The van der Waals surface area contributed by atoms with E-state index in [0.29, 0.717) is 32.0 Å². The van der Waals surface area contributed by atoms with Gasteiger partial charge in [-0.2, -0.15) is 0 Å². The van der Waals surface area contributed by atoms with E-state index in [1.54, 1.807) is 24.4 Å². The van der Waals surface area contributed by atoms with Crippen LogP contribution in [0.5, 0.6) is 11.5 Å². The molecule has 0 saturated carbocycles. The highest BCUT2D eigenvalue weighted by Crippen LogP contribution is 2.37. The van der Waals surface area contributed by atoms with Gasteiger partial charge in [-0.15, -0.1) is 0 Å². The summed E-state index contributed by atoms with van der Waals surface area (Å²) in [5, 5.41) is 10.4. The number of fused-ring (bicyclic) bond motifs is 1. The maximum Gasteiger partial charge on any atom is 0.165 e. The van der Waals surface area contributed by atoms with Crippen LogP contribution in [0.25, 0.3) is 11.3 Å². The molecule has 1 aliphatic rings. The van der Waals surface area contributed by atoms with Gasteiger partial charge in [-0.3, -0.25) is 9.88 Å². The molecule has 0 amide bonds. The molecular weight excluding hydrogens is 331 g/mol. The lowest BCUT2D eigenvalue weighted by atomic mass is 10.0. The zero-order valence-corrected chi connectivity index (χ0v) is 14.2. The lowest BCUT2D eigenvalue weighted by molar-refractivity contribution is 0.217. The summed E-state index contributed by atoms with van der Waals surface area (Å²) in [4.78, 5) is 6.53. The topological polar surface area (TPSA) is 45.6 Å². The Kier molecular flexibility index (Phi) is 4.54. The smallest absolute Gasteiger partial charge is 0.165 e. The van der Waals surface area contributed by atoms with Gasteiger partial charge in [-0.25, -0.2) is 4.39 Å². The van der Waals surface area contributed by atoms with Crippen molar-refractivity contribution in [2.45, 2.75) is 13.1 Å². The van der Waals surface area contributed by atoms with Crippen LogP contribution in [-0.4, -0.2) is 28.1 Å². The third kappa shape index (κ3) is 3.53. The first-order chi connectivity index (χ1) is 12.7. The van der Waals surface area contributed by atoms with Gasteiger partial charge >= 0.3 is 0 Å². The van der Waals surface area contributed by atoms with Crippen LogP contribution in [0.1, 0.15) is 11.1 Å². The Balaban J connectivity index is 1.63. The lowest BCUT2D eigenvalue weighted by Crippen LogP contribution is -2.25. The monoisotopic (exact) mass is 350 g/mol. The van der Waals surface area contributed by atoms with Crippen molar-refractivity contribution in [2.24, 2.45) is 0 Å². The molecule has 5 heteroatoms. The number of rotatable bonds is 3. The number of phenolic OH excluding ortho intramolecular Hbond substituents is 1. The van der Waals surface area contributed by atoms with Gasteiger partial charge in [0.15, 0.2) is 11.5 Å². The molecule has 0 bridgehead atoms. The SMILES string of the molecule is Oc1cc(-c2ccccn2)cc2c1OCCN(Cc1cccc(F)c1)C2. The molecule has 0 atom stereocenters. The molecule has 1 aromatic heterocycles. The van der Waals surface area contributed by atoms with Gasteiger partial charge in [0.1, 0.15) is 12.4 Å². The van der Waals surface area contributed by atoms with Gasteiger partial charge in [0.05, 0.1) is 5.69 Å². The Morgan fingerprint density at radius 1 is 1.12 bits per heavy atom. The minimum atomic E-state index is -0.232. The van der Waals surface area contributed by atoms with Crippen LogP contribution < -0.4 is 4.74 Å². The van der Waals surface area contributed by atoms with Gasteiger partial charge < -0.3 is 9.84 Å². The van der Waals surface area contributed by atoms with Crippen LogP contribution >= 0.6 is 0 Å². The summed E-state index contributed by atoms with van der Waals surface area (Å²) in [6.07, 6.45) is 1.73. The van der Waals surface area contributed by atoms with E-state index in [2.05, 4.69) is 9.88 Å². The Morgan fingerprint density at radius 3 is 2.85 bits per heavy atom. The lowest BCUT2D eigenvalue weighted by Gasteiger charge is -2.19. The Morgan fingerprint density at radius 2 is 2.04 bits per heavy atom. The summed E-state index contributed by atoms with van der Waals surface area (Å²) in [5.41, 5.74) is 3.46. The third-order valence-electron chi connectivity index (χ3n) is 4.45. The number of nitrogens with zero attached hydrogens (tertiary/aromatic N) is 2. The van der Waals surface area contributed by atoms with Crippen molar-refractivity contribution in [2.75, 3.05) is 13.2 Å². The van der Waals surface area contributed by atoms with Crippen molar-refractivity contribution in [3.8, 4) is 22.8 Å². The number of pyridine rings is 1. The molecule has 2 aromatic carbocycles. The number of aromatic nitrogens is 1. The van der Waals surface area contributed by atoms with E-state index < -0.39 is 0 Å². The van der Waals surface area contributed by atoms with Gasteiger partial charge in [0.25, 0.3) is 0 Å². The Labute approximate surface area is 151 Å². The van der Waals surface area contributed by atoms with Crippen molar-refractivity contribution < 1.29 is 14.2 Å². The van der Waals surface area contributed by atoms with Crippen molar-refractivity contribution in [3.05, 3.63) is 77.7 Å². The van der Waals surface area contributed by atoms with Gasteiger partial charge in [0.2, 0.25) is 0 Å². The predicted octanol–water partition coefficient (Wildman–Crippen LogP) is 3.99. The zero-order chi connectivity index (χ0) is 17.9. The second-order valence-electron chi connectivity index (χ2n) is 6.39. The van der Waals surface area contributed by atoms with Crippen LogP contribution in [0.2, 0.25) is 0 Å². The summed E-state index contributed by atoms with van der Waals surface area (Å²) >= 11 is 0. The molecule has 3 aromatic rings. The fourth-order valence-electron chi connectivity index (χ4n) is 3.26. The molecule has 0 aliphatic carbocycles. The number of hydrogen-bond donors (Lipinski definition) is 1. The number of hydrogen-bond acceptors (Lipinski definition) is 4. The Bertz CT molecular complexity index is 915. The van der Waals surface area contributed by atoms with Crippen LogP contribution in [0.15, 0.2) is 60.8 Å². The average Bonchev–Trinajstić information content (AvgIpc) is 2.84. The van der Waals surface area contributed by atoms with E-state index in [1.807, 2.05) is 30.3 Å². The maximum absolute atomic E-state index is 13.5. The quantitative estimate of drug-likeness (QED) is 0.776. The van der Waals surface area contributed by atoms with Gasteiger partial charge in [-0.1, -0.05) is 18.2 Å². The molecule has 0 unspecified atom stereocenters. The number of aromatic hydroxyl groups is 1. The fraction of sp³-hybridized carbons (Fsp3) is 0.190.